The van der Waals surface area contributed by atoms with Crippen LogP contribution in [0.4, 0.5) is 4.39 Å². The number of para-hydroxylation sites is 1. The fraction of sp³-hybridized carbons (Fsp3) is 0.250. The molecule has 0 spiro atoms. The molecular weight excluding hydrogens is 481 g/mol. The van der Waals surface area contributed by atoms with Gasteiger partial charge in [0.05, 0.1) is 17.4 Å². The van der Waals surface area contributed by atoms with E-state index in [4.69, 9.17) is 11.6 Å². The van der Waals surface area contributed by atoms with E-state index in [1.54, 1.807) is 24.3 Å². The fourth-order valence-corrected chi connectivity index (χ4v) is 5.02. The van der Waals surface area contributed by atoms with Crippen LogP contribution in [-0.2, 0) is 30.8 Å². The van der Waals surface area contributed by atoms with Gasteiger partial charge in [-0.1, -0.05) is 54.1 Å². The second kappa shape index (κ2) is 10.1. The van der Waals surface area contributed by atoms with E-state index in [0.29, 0.717) is 36.0 Å². The normalized spacial score (nSPS) is 13.1. The number of benzene rings is 3. The Hall–Kier alpha value is -3.71. The molecule has 3 aromatic carbocycles. The third-order valence-electron chi connectivity index (χ3n) is 6.73. The summed E-state index contributed by atoms with van der Waals surface area (Å²) in [5.74, 6) is -0.454. The predicted octanol–water partition coefficient (Wildman–Crippen LogP) is 4.37. The van der Waals surface area contributed by atoms with Gasteiger partial charge < -0.3 is 4.90 Å². The molecule has 36 heavy (non-hydrogen) atoms. The maximum absolute atomic E-state index is 13.5. The summed E-state index contributed by atoms with van der Waals surface area (Å²) in [6.45, 7) is 1.45. The minimum Gasteiger partial charge on any atom is -0.338 e. The molecule has 0 bridgehead atoms. The Bertz CT molecular complexity index is 1580. The van der Waals surface area contributed by atoms with Gasteiger partial charge in [-0.25, -0.2) is 9.18 Å². The van der Waals surface area contributed by atoms with Crippen molar-refractivity contribution in [3.8, 4) is 0 Å². The maximum atomic E-state index is 13.5. The van der Waals surface area contributed by atoms with Crippen LogP contribution in [0.3, 0.4) is 0 Å². The molecule has 0 fully saturated rings. The Kier molecular flexibility index (Phi) is 6.74. The summed E-state index contributed by atoms with van der Waals surface area (Å²) < 4.78 is 16.2. The molecule has 0 saturated carbocycles. The number of rotatable bonds is 6. The Morgan fingerprint density at radius 2 is 1.69 bits per heavy atom. The molecule has 0 N–H and O–H groups in total. The van der Waals surface area contributed by atoms with E-state index in [0.717, 1.165) is 12.0 Å². The third kappa shape index (κ3) is 4.71. The first kappa shape index (κ1) is 24.0. The summed E-state index contributed by atoms with van der Waals surface area (Å²) in [6, 6.07) is 19.0. The number of halogens is 2. The molecule has 1 aliphatic heterocycles. The first-order chi connectivity index (χ1) is 17.4. The molecule has 0 unspecified atom stereocenters. The molecule has 1 aliphatic rings. The van der Waals surface area contributed by atoms with Gasteiger partial charge in [-0.05, 0) is 53.8 Å². The number of amides is 1. The first-order valence-corrected chi connectivity index (χ1v) is 12.3. The summed E-state index contributed by atoms with van der Waals surface area (Å²) >= 11 is 6.21. The van der Waals surface area contributed by atoms with Gasteiger partial charge in [0.15, 0.2) is 0 Å². The van der Waals surface area contributed by atoms with Crippen molar-refractivity contribution in [2.45, 2.75) is 38.9 Å². The first-order valence-electron chi connectivity index (χ1n) is 11.9. The topological polar surface area (TPSA) is 64.3 Å². The zero-order valence-electron chi connectivity index (χ0n) is 19.6. The van der Waals surface area contributed by atoms with Crippen LogP contribution in [0.5, 0.6) is 0 Å². The van der Waals surface area contributed by atoms with Crippen molar-refractivity contribution in [2.24, 2.45) is 0 Å². The average molecular weight is 506 g/mol. The summed E-state index contributed by atoms with van der Waals surface area (Å²) in [5.41, 5.74) is 2.59. The van der Waals surface area contributed by atoms with Crippen LogP contribution in [0.1, 0.15) is 29.5 Å². The maximum Gasteiger partial charge on any atom is 0.331 e. The number of carbonyl (C=O) groups is 1. The number of hydrogen-bond acceptors (Lipinski definition) is 3. The molecule has 5 rings (SSSR count). The van der Waals surface area contributed by atoms with Crippen LogP contribution >= 0.6 is 11.6 Å². The fourth-order valence-electron chi connectivity index (χ4n) is 4.80. The largest absolute Gasteiger partial charge is 0.338 e. The van der Waals surface area contributed by atoms with Gasteiger partial charge in [0, 0.05) is 31.1 Å². The lowest BCUT2D eigenvalue weighted by Gasteiger charge is -2.29. The van der Waals surface area contributed by atoms with Gasteiger partial charge in [-0.2, -0.15) is 0 Å². The summed E-state index contributed by atoms with van der Waals surface area (Å²) in [4.78, 5) is 41.3. The summed E-state index contributed by atoms with van der Waals surface area (Å²) in [7, 11) is 0. The van der Waals surface area contributed by atoms with Crippen molar-refractivity contribution in [3.63, 3.8) is 0 Å². The van der Waals surface area contributed by atoms with Crippen molar-refractivity contribution in [1.82, 2.24) is 14.0 Å². The van der Waals surface area contributed by atoms with E-state index in [2.05, 4.69) is 6.07 Å². The second-order valence-electron chi connectivity index (χ2n) is 9.02. The third-order valence-corrected chi connectivity index (χ3v) is 7.08. The number of aromatic nitrogens is 2. The number of fused-ring (bicyclic) bond motifs is 2. The minimum atomic E-state index is -0.488. The lowest BCUT2D eigenvalue weighted by molar-refractivity contribution is -0.132. The van der Waals surface area contributed by atoms with Gasteiger partial charge in [0.25, 0.3) is 5.56 Å². The molecule has 184 valence electrons. The lowest BCUT2D eigenvalue weighted by Crippen LogP contribution is -2.41. The molecule has 0 atom stereocenters. The standard InChI is InChI=1S/C28H25ClFN3O3/c29-24-16-22(30)12-11-21(24)18-33-25-9-4-3-8-23(25)27(35)32(28(33)36)14-5-10-26(34)31-15-13-19-6-1-2-7-20(19)17-31/h1-4,6-9,11-12,16H,5,10,13-15,17-18H2. The van der Waals surface area contributed by atoms with E-state index in [1.165, 1.54) is 32.9 Å². The van der Waals surface area contributed by atoms with Crippen LogP contribution in [0.15, 0.2) is 76.3 Å². The van der Waals surface area contributed by atoms with Gasteiger partial charge in [0.1, 0.15) is 5.82 Å². The number of nitrogens with zero attached hydrogens (tertiary/aromatic N) is 3. The van der Waals surface area contributed by atoms with E-state index >= 15 is 0 Å². The van der Waals surface area contributed by atoms with Crippen LogP contribution in [0, 0.1) is 5.82 Å². The zero-order valence-corrected chi connectivity index (χ0v) is 20.4. The highest BCUT2D eigenvalue weighted by atomic mass is 35.5. The molecule has 4 aromatic rings. The van der Waals surface area contributed by atoms with Gasteiger partial charge in [0.2, 0.25) is 5.91 Å². The highest BCUT2D eigenvalue weighted by molar-refractivity contribution is 6.31. The Morgan fingerprint density at radius 1 is 0.944 bits per heavy atom. The SMILES string of the molecule is O=C(CCCn1c(=O)c2ccccc2n(Cc2ccc(F)cc2Cl)c1=O)N1CCc2ccccc2C1. The molecule has 6 nitrogen and oxygen atoms in total. The van der Waals surface area contributed by atoms with Gasteiger partial charge in [-0.15, -0.1) is 0 Å². The van der Waals surface area contributed by atoms with Crippen molar-refractivity contribution < 1.29 is 9.18 Å². The number of hydrogen-bond donors (Lipinski definition) is 0. The van der Waals surface area contributed by atoms with Crippen molar-refractivity contribution in [3.05, 3.63) is 115 Å². The summed E-state index contributed by atoms with van der Waals surface area (Å²) in [6.07, 6.45) is 1.43. The van der Waals surface area contributed by atoms with E-state index < -0.39 is 17.1 Å². The molecule has 0 radical (unpaired) electrons. The minimum absolute atomic E-state index is 0.0109. The van der Waals surface area contributed by atoms with Gasteiger partial charge >= 0.3 is 5.69 Å². The van der Waals surface area contributed by atoms with Crippen LogP contribution in [0.25, 0.3) is 10.9 Å². The smallest absolute Gasteiger partial charge is 0.331 e. The van der Waals surface area contributed by atoms with Crippen molar-refractivity contribution in [2.75, 3.05) is 6.54 Å². The lowest BCUT2D eigenvalue weighted by atomic mass is 9.99. The predicted molar refractivity (Wildman–Crippen MR) is 138 cm³/mol. The Morgan fingerprint density at radius 3 is 2.50 bits per heavy atom. The van der Waals surface area contributed by atoms with Crippen LogP contribution in [0.2, 0.25) is 5.02 Å². The Labute approximate surface area is 212 Å². The second-order valence-corrected chi connectivity index (χ2v) is 9.42. The molecule has 0 saturated heterocycles. The van der Waals surface area contributed by atoms with Crippen LogP contribution in [-0.4, -0.2) is 26.5 Å². The monoisotopic (exact) mass is 505 g/mol. The van der Waals surface area contributed by atoms with E-state index in [9.17, 15) is 18.8 Å². The van der Waals surface area contributed by atoms with Crippen molar-refractivity contribution >= 4 is 28.4 Å². The van der Waals surface area contributed by atoms with E-state index in [1.807, 2.05) is 23.1 Å². The molecule has 1 aromatic heterocycles. The molecule has 2 heterocycles. The Balaban J connectivity index is 1.37. The zero-order chi connectivity index (χ0) is 25.2. The number of carbonyl (C=O) groups excluding carboxylic acids is 1. The van der Waals surface area contributed by atoms with Gasteiger partial charge in [-0.3, -0.25) is 18.7 Å². The molecular formula is C28H25ClFN3O3. The highest BCUT2D eigenvalue weighted by Gasteiger charge is 2.20. The average Bonchev–Trinajstić information content (AvgIpc) is 2.89. The van der Waals surface area contributed by atoms with Crippen LogP contribution < -0.4 is 11.2 Å². The quantitative estimate of drug-likeness (QED) is 0.391. The summed E-state index contributed by atoms with van der Waals surface area (Å²) in [5, 5.41) is 0.603. The molecule has 8 heteroatoms. The molecule has 0 aliphatic carbocycles. The van der Waals surface area contributed by atoms with Crippen molar-refractivity contribution in [1.29, 1.82) is 0 Å². The van der Waals surface area contributed by atoms with E-state index in [-0.39, 0.29) is 30.4 Å². The molecule has 1 amide bonds. The highest BCUT2D eigenvalue weighted by Crippen LogP contribution is 2.21.